The average molecular weight is 370 g/mol. The molecule has 8 heteroatoms. The Kier molecular flexibility index (Phi) is 6.16. The lowest BCUT2D eigenvalue weighted by atomic mass is 10.1. The Morgan fingerprint density at radius 2 is 1.89 bits per heavy atom. The molecule has 27 heavy (non-hydrogen) atoms. The second-order valence-corrected chi connectivity index (χ2v) is 6.96. The summed E-state index contributed by atoms with van der Waals surface area (Å²) in [7, 11) is 0. The molecule has 1 atom stereocenters. The summed E-state index contributed by atoms with van der Waals surface area (Å²) < 4.78 is 0. The number of anilines is 1. The SMILES string of the molecule is Cc1nc(N2CCCCCCC2)ncc1C(C)NC(=O)c1cnc[nH]c1=O. The second-order valence-electron chi connectivity index (χ2n) is 6.96. The van der Waals surface area contributed by atoms with Crippen molar-refractivity contribution in [3.63, 3.8) is 0 Å². The van der Waals surface area contributed by atoms with Crippen LogP contribution in [-0.4, -0.2) is 38.9 Å². The number of aromatic amines is 1. The number of amides is 1. The van der Waals surface area contributed by atoms with Crippen molar-refractivity contribution in [2.24, 2.45) is 0 Å². The molecule has 2 aromatic heterocycles. The molecule has 1 unspecified atom stereocenters. The van der Waals surface area contributed by atoms with Gasteiger partial charge in [0.1, 0.15) is 5.56 Å². The zero-order chi connectivity index (χ0) is 19.2. The number of hydrogen-bond donors (Lipinski definition) is 2. The Balaban J connectivity index is 1.72. The van der Waals surface area contributed by atoms with E-state index in [-0.39, 0.29) is 11.6 Å². The van der Waals surface area contributed by atoms with Crippen LogP contribution in [0.5, 0.6) is 0 Å². The fraction of sp³-hybridized carbons (Fsp3) is 0.526. The van der Waals surface area contributed by atoms with Crippen LogP contribution in [0.4, 0.5) is 5.95 Å². The van der Waals surface area contributed by atoms with E-state index >= 15 is 0 Å². The van der Waals surface area contributed by atoms with Crippen molar-refractivity contribution in [3.8, 4) is 0 Å². The molecular weight excluding hydrogens is 344 g/mol. The first-order valence-electron chi connectivity index (χ1n) is 9.48. The van der Waals surface area contributed by atoms with Crippen LogP contribution in [0.2, 0.25) is 0 Å². The number of aromatic nitrogens is 4. The number of carbonyl (C=O) groups excluding carboxylic acids is 1. The molecule has 3 heterocycles. The van der Waals surface area contributed by atoms with E-state index in [1.165, 1.54) is 31.8 Å². The van der Waals surface area contributed by atoms with Gasteiger partial charge in [0.25, 0.3) is 11.5 Å². The smallest absolute Gasteiger partial charge is 0.263 e. The van der Waals surface area contributed by atoms with E-state index in [1.807, 2.05) is 13.8 Å². The van der Waals surface area contributed by atoms with Crippen LogP contribution in [0, 0.1) is 6.92 Å². The summed E-state index contributed by atoms with van der Waals surface area (Å²) >= 11 is 0. The first kappa shape index (κ1) is 19.0. The highest BCUT2D eigenvalue weighted by atomic mass is 16.2. The molecule has 0 bridgehead atoms. The Hall–Kier alpha value is -2.77. The Labute approximate surface area is 158 Å². The van der Waals surface area contributed by atoms with Gasteiger partial charge in [0.15, 0.2) is 0 Å². The maximum atomic E-state index is 12.3. The Morgan fingerprint density at radius 1 is 1.19 bits per heavy atom. The van der Waals surface area contributed by atoms with Crippen molar-refractivity contribution in [3.05, 3.63) is 45.9 Å². The molecule has 1 amide bonds. The molecule has 0 aromatic carbocycles. The predicted octanol–water partition coefficient (Wildman–Crippen LogP) is 2.13. The van der Waals surface area contributed by atoms with E-state index in [4.69, 9.17) is 0 Å². The summed E-state index contributed by atoms with van der Waals surface area (Å²) in [5, 5.41) is 2.82. The molecule has 0 aliphatic carbocycles. The Bertz CT molecular complexity index is 842. The van der Waals surface area contributed by atoms with E-state index in [2.05, 4.69) is 30.2 Å². The van der Waals surface area contributed by atoms with Crippen LogP contribution < -0.4 is 15.8 Å². The first-order valence-corrected chi connectivity index (χ1v) is 9.48. The summed E-state index contributed by atoms with van der Waals surface area (Å²) in [6, 6.07) is -0.321. The van der Waals surface area contributed by atoms with Crippen LogP contribution >= 0.6 is 0 Å². The van der Waals surface area contributed by atoms with E-state index in [0.717, 1.165) is 43.1 Å². The number of hydrogen-bond acceptors (Lipinski definition) is 6. The molecule has 0 spiro atoms. The minimum absolute atomic E-state index is 0.0137. The molecule has 1 fully saturated rings. The molecule has 1 aliphatic heterocycles. The van der Waals surface area contributed by atoms with Gasteiger partial charge in [-0.15, -0.1) is 0 Å². The van der Waals surface area contributed by atoms with Crippen molar-refractivity contribution in [2.45, 2.75) is 52.0 Å². The maximum absolute atomic E-state index is 12.3. The first-order chi connectivity index (χ1) is 13.1. The van der Waals surface area contributed by atoms with E-state index in [9.17, 15) is 9.59 Å². The van der Waals surface area contributed by atoms with Gasteiger partial charge in [-0.05, 0) is 26.7 Å². The van der Waals surface area contributed by atoms with Crippen molar-refractivity contribution < 1.29 is 4.79 Å². The van der Waals surface area contributed by atoms with Gasteiger partial charge in [-0.1, -0.05) is 19.3 Å². The van der Waals surface area contributed by atoms with Crippen LogP contribution in [0.15, 0.2) is 23.5 Å². The van der Waals surface area contributed by atoms with E-state index in [0.29, 0.717) is 0 Å². The number of aryl methyl sites for hydroxylation is 1. The third kappa shape index (κ3) is 4.69. The number of nitrogens with one attached hydrogen (secondary N) is 2. The van der Waals surface area contributed by atoms with Crippen molar-refractivity contribution in [1.29, 1.82) is 0 Å². The van der Waals surface area contributed by atoms with Crippen LogP contribution in [0.1, 0.15) is 66.7 Å². The summed E-state index contributed by atoms with van der Waals surface area (Å²) in [6.45, 7) is 5.73. The van der Waals surface area contributed by atoms with Gasteiger partial charge >= 0.3 is 0 Å². The topological polar surface area (TPSA) is 104 Å². The van der Waals surface area contributed by atoms with Crippen molar-refractivity contribution >= 4 is 11.9 Å². The number of rotatable bonds is 4. The van der Waals surface area contributed by atoms with Crippen LogP contribution in [0.3, 0.4) is 0 Å². The zero-order valence-corrected chi connectivity index (χ0v) is 15.9. The summed E-state index contributed by atoms with van der Waals surface area (Å²) in [4.78, 5) is 41.7. The minimum atomic E-state index is -0.468. The lowest BCUT2D eigenvalue weighted by molar-refractivity contribution is 0.0937. The maximum Gasteiger partial charge on any atom is 0.263 e. The fourth-order valence-electron chi connectivity index (χ4n) is 3.35. The largest absolute Gasteiger partial charge is 0.345 e. The molecule has 1 aliphatic rings. The highest BCUT2D eigenvalue weighted by molar-refractivity contribution is 5.93. The van der Waals surface area contributed by atoms with Crippen molar-refractivity contribution in [2.75, 3.05) is 18.0 Å². The van der Waals surface area contributed by atoms with Gasteiger partial charge in [-0.25, -0.2) is 15.0 Å². The van der Waals surface area contributed by atoms with Crippen molar-refractivity contribution in [1.82, 2.24) is 25.3 Å². The number of nitrogens with zero attached hydrogens (tertiary/aromatic N) is 4. The van der Waals surface area contributed by atoms with Crippen LogP contribution in [0.25, 0.3) is 0 Å². The molecule has 1 saturated heterocycles. The molecular formula is C19H26N6O2. The quantitative estimate of drug-likeness (QED) is 0.854. The molecule has 2 N–H and O–H groups in total. The molecule has 0 saturated carbocycles. The third-order valence-corrected chi connectivity index (χ3v) is 4.92. The van der Waals surface area contributed by atoms with E-state index < -0.39 is 11.5 Å². The van der Waals surface area contributed by atoms with Gasteiger partial charge in [0.2, 0.25) is 5.95 Å². The van der Waals surface area contributed by atoms with Gasteiger partial charge in [-0.3, -0.25) is 9.59 Å². The summed E-state index contributed by atoms with van der Waals surface area (Å²) in [5.41, 5.74) is 1.18. The second kappa shape index (κ2) is 8.75. The molecule has 3 rings (SSSR count). The average Bonchev–Trinajstić information content (AvgIpc) is 2.61. The van der Waals surface area contributed by atoms with Gasteiger partial charge in [0.05, 0.1) is 12.4 Å². The summed E-state index contributed by atoms with van der Waals surface area (Å²) in [6.07, 6.45) is 10.4. The molecule has 8 nitrogen and oxygen atoms in total. The lowest BCUT2D eigenvalue weighted by Crippen LogP contribution is -2.32. The van der Waals surface area contributed by atoms with E-state index in [1.54, 1.807) is 6.20 Å². The molecule has 0 radical (unpaired) electrons. The monoisotopic (exact) mass is 370 g/mol. The zero-order valence-electron chi connectivity index (χ0n) is 15.9. The van der Waals surface area contributed by atoms with Gasteiger partial charge in [0, 0.05) is 36.7 Å². The fourth-order valence-corrected chi connectivity index (χ4v) is 3.35. The third-order valence-electron chi connectivity index (χ3n) is 4.92. The predicted molar refractivity (Wildman–Crippen MR) is 103 cm³/mol. The highest BCUT2D eigenvalue weighted by Crippen LogP contribution is 2.20. The van der Waals surface area contributed by atoms with Gasteiger partial charge in [-0.2, -0.15) is 0 Å². The molecule has 144 valence electrons. The minimum Gasteiger partial charge on any atom is -0.345 e. The normalized spacial score (nSPS) is 16.3. The highest BCUT2D eigenvalue weighted by Gasteiger charge is 2.18. The van der Waals surface area contributed by atoms with Crippen LogP contribution in [-0.2, 0) is 0 Å². The number of carbonyl (C=O) groups is 1. The Morgan fingerprint density at radius 3 is 2.56 bits per heavy atom. The molecule has 2 aromatic rings. The summed E-state index contributed by atoms with van der Waals surface area (Å²) in [5.74, 6) is 0.282. The lowest BCUT2D eigenvalue weighted by Gasteiger charge is -2.25. The number of H-pyrrole nitrogens is 1. The standard InChI is InChI=1S/C19H26N6O2/c1-13(23-18(27)16-10-20-12-22-17(16)26)15-11-21-19(24-14(15)2)25-8-6-4-3-5-7-9-25/h10-13H,3-9H2,1-2H3,(H,23,27)(H,20,22,26). The van der Waals surface area contributed by atoms with Gasteiger partial charge < -0.3 is 15.2 Å².